The van der Waals surface area contributed by atoms with E-state index in [9.17, 15) is 0 Å². The summed E-state index contributed by atoms with van der Waals surface area (Å²) in [5.41, 5.74) is 26.7. The average molecular weight is 949 g/mol. The first-order chi connectivity index (χ1) is 36.2. The van der Waals surface area contributed by atoms with Crippen molar-refractivity contribution < 1.29 is 0 Å². The number of hydrogen-bond acceptors (Lipinski definition) is 2. The molecule has 0 bridgehead atoms. The van der Waals surface area contributed by atoms with Crippen molar-refractivity contribution in [2.24, 2.45) is 0 Å². The Morgan fingerprint density at radius 1 is 0.216 bits per heavy atom. The van der Waals surface area contributed by atoms with Gasteiger partial charge in [-0.2, -0.15) is 0 Å². The molecule has 2 aliphatic carbocycles. The van der Waals surface area contributed by atoms with Crippen molar-refractivity contribution in [3.05, 3.63) is 289 Å². The normalized spacial score (nSPS) is 13.4. The number of nitrogens with zero attached hydrogens (tertiary/aromatic N) is 2. The molecule has 0 aliphatic heterocycles. The second-order valence-electron chi connectivity index (χ2n) is 20.9. The van der Waals surface area contributed by atoms with Gasteiger partial charge < -0.3 is 9.80 Å². The molecule has 11 aromatic carbocycles. The molecule has 0 saturated carbocycles. The van der Waals surface area contributed by atoms with E-state index < -0.39 is 0 Å². The van der Waals surface area contributed by atoms with Crippen LogP contribution in [0.1, 0.15) is 49.9 Å². The SMILES string of the molecule is CC1(C)c2cc(N(c3ccc(-c4ccccc4)cc3)c3ccc(-c4ccccc4)cc3)ccc2-c2ccc3c(c21)C(C)(C)c1cc(N(c2ccc(-c4ccccc4)cc2)c2ccc(-c4ccccc4)cc2)ccc1-3. The third-order valence-electron chi connectivity index (χ3n) is 15.8. The Morgan fingerprint density at radius 2 is 0.432 bits per heavy atom. The minimum absolute atomic E-state index is 0.277. The first-order valence-corrected chi connectivity index (χ1v) is 25.9. The van der Waals surface area contributed by atoms with Crippen LogP contribution >= 0.6 is 0 Å². The Hall–Kier alpha value is -8.98. The van der Waals surface area contributed by atoms with Crippen LogP contribution in [0.15, 0.2) is 267 Å². The molecule has 2 heteroatoms. The molecule has 2 aliphatic rings. The summed E-state index contributed by atoms with van der Waals surface area (Å²) in [6.45, 7) is 9.78. The molecule has 0 saturated heterocycles. The predicted molar refractivity (Wildman–Crippen MR) is 313 cm³/mol. The summed E-state index contributed by atoms with van der Waals surface area (Å²) in [6.07, 6.45) is 0. The van der Waals surface area contributed by atoms with Gasteiger partial charge in [-0.1, -0.05) is 222 Å². The van der Waals surface area contributed by atoms with E-state index >= 15 is 0 Å². The molecule has 354 valence electrons. The fourth-order valence-corrected chi connectivity index (χ4v) is 12.1. The van der Waals surface area contributed by atoms with E-state index in [1.165, 1.54) is 89.0 Å². The second-order valence-corrected chi connectivity index (χ2v) is 20.9. The molecule has 11 aromatic rings. The maximum atomic E-state index is 2.47. The molecule has 0 radical (unpaired) electrons. The summed E-state index contributed by atoms with van der Waals surface area (Å²) < 4.78 is 0. The first-order valence-electron chi connectivity index (χ1n) is 25.9. The van der Waals surface area contributed by atoms with Crippen LogP contribution < -0.4 is 9.80 Å². The van der Waals surface area contributed by atoms with Crippen LogP contribution in [0.4, 0.5) is 34.1 Å². The second kappa shape index (κ2) is 17.9. The van der Waals surface area contributed by atoms with E-state index in [1.54, 1.807) is 0 Å². The van der Waals surface area contributed by atoms with Gasteiger partial charge in [-0.15, -0.1) is 0 Å². The molecule has 0 heterocycles. The molecule has 0 unspecified atom stereocenters. The van der Waals surface area contributed by atoms with E-state index in [2.05, 4.69) is 304 Å². The summed E-state index contributed by atoms with van der Waals surface area (Å²) in [7, 11) is 0. The van der Waals surface area contributed by atoms with Gasteiger partial charge in [-0.05, 0) is 162 Å². The fourth-order valence-electron chi connectivity index (χ4n) is 12.1. The molecule has 0 atom stereocenters. The average Bonchev–Trinajstić information content (AvgIpc) is 3.85. The van der Waals surface area contributed by atoms with Crippen molar-refractivity contribution in [3.63, 3.8) is 0 Å². The molecule has 0 amide bonds. The molecule has 2 nitrogen and oxygen atoms in total. The molecule has 0 spiro atoms. The van der Waals surface area contributed by atoms with E-state index in [0.717, 1.165) is 34.1 Å². The Morgan fingerprint density at radius 3 is 0.689 bits per heavy atom. The zero-order valence-corrected chi connectivity index (χ0v) is 42.3. The fraction of sp³-hybridized carbons (Fsp3) is 0.0833. The minimum atomic E-state index is -0.277. The van der Waals surface area contributed by atoms with Gasteiger partial charge in [-0.3, -0.25) is 0 Å². The Balaban J connectivity index is 0.882. The van der Waals surface area contributed by atoms with Crippen molar-refractivity contribution in [2.45, 2.75) is 38.5 Å². The smallest absolute Gasteiger partial charge is 0.0465 e. The molecule has 0 fully saturated rings. The lowest BCUT2D eigenvalue weighted by Crippen LogP contribution is -2.24. The van der Waals surface area contributed by atoms with Gasteiger partial charge in [0.15, 0.2) is 0 Å². The van der Waals surface area contributed by atoms with E-state index in [-0.39, 0.29) is 10.8 Å². The lowest BCUT2D eigenvalue weighted by Gasteiger charge is -2.32. The van der Waals surface area contributed by atoms with E-state index in [0.29, 0.717) is 0 Å². The number of rotatable bonds is 10. The van der Waals surface area contributed by atoms with Crippen LogP contribution in [-0.2, 0) is 10.8 Å². The minimum Gasteiger partial charge on any atom is -0.310 e. The summed E-state index contributed by atoms with van der Waals surface area (Å²) in [6, 6.07) is 97.8. The summed E-state index contributed by atoms with van der Waals surface area (Å²) in [5, 5.41) is 0. The van der Waals surface area contributed by atoms with Gasteiger partial charge in [0, 0.05) is 45.0 Å². The maximum Gasteiger partial charge on any atom is 0.0465 e. The van der Waals surface area contributed by atoms with Gasteiger partial charge in [0.2, 0.25) is 0 Å². The largest absolute Gasteiger partial charge is 0.310 e. The van der Waals surface area contributed by atoms with Gasteiger partial charge in [0.25, 0.3) is 0 Å². The third kappa shape index (κ3) is 7.65. The zero-order chi connectivity index (χ0) is 50.0. The lowest BCUT2D eigenvalue weighted by atomic mass is 9.72. The van der Waals surface area contributed by atoms with Gasteiger partial charge >= 0.3 is 0 Å². The number of anilines is 6. The lowest BCUT2D eigenvalue weighted by molar-refractivity contribution is 0.601. The third-order valence-corrected chi connectivity index (χ3v) is 15.8. The van der Waals surface area contributed by atoms with Crippen molar-refractivity contribution >= 4 is 34.1 Å². The van der Waals surface area contributed by atoms with Crippen LogP contribution in [0.2, 0.25) is 0 Å². The highest BCUT2D eigenvalue weighted by Gasteiger charge is 2.46. The van der Waals surface area contributed by atoms with Crippen LogP contribution in [0.5, 0.6) is 0 Å². The highest BCUT2D eigenvalue weighted by atomic mass is 15.1. The van der Waals surface area contributed by atoms with Crippen LogP contribution in [0.25, 0.3) is 66.8 Å². The number of fused-ring (bicyclic) bond motifs is 7. The van der Waals surface area contributed by atoms with E-state index in [4.69, 9.17) is 0 Å². The van der Waals surface area contributed by atoms with Crippen LogP contribution in [0.3, 0.4) is 0 Å². The van der Waals surface area contributed by atoms with Crippen molar-refractivity contribution in [1.82, 2.24) is 0 Å². The predicted octanol–water partition coefficient (Wildman–Crippen LogP) is 19.9. The molecular formula is C72H56N2. The first kappa shape index (κ1) is 44.9. The maximum absolute atomic E-state index is 2.47. The summed E-state index contributed by atoms with van der Waals surface area (Å²) >= 11 is 0. The number of hydrogen-bond donors (Lipinski definition) is 0. The molecule has 0 N–H and O–H groups in total. The van der Waals surface area contributed by atoms with Gasteiger partial charge in [0.1, 0.15) is 0 Å². The highest BCUT2D eigenvalue weighted by molar-refractivity contribution is 5.94. The Kier molecular flexibility index (Phi) is 10.9. The topological polar surface area (TPSA) is 6.48 Å². The summed E-state index contributed by atoms with van der Waals surface area (Å²) in [5.74, 6) is 0. The molecular weight excluding hydrogens is 893 g/mol. The van der Waals surface area contributed by atoms with Gasteiger partial charge in [0.05, 0.1) is 0 Å². The van der Waals surface area contributed by atoms with E-state index in [1.807, 2.05) is 0 Å². The van der Waals surface area contributed by atoms with Crippen molar-refractivity contribution in [2.75, 3.05) is 9.80 Å². The molecule has 74 heavy (non-hydrogen) atoms. The quantitative estimate of drug-likeness (QED) is 0.135. The Labute approximate surface area is 436 Å². The summed E-state index contributed by atoms with van der Waals surface area (Å²) in [4.78, 5) is 4.84. The zero-order valence-electron chi connectivity index (χ0n) is 42.3. The van der Waals surface area contributed by atoms with Crippen molar-refractivity contribution in [1.29, 1.82) is 0 Å². The van der Waals surface area contributed by atoms with Crippen LogP contribution in [-0.4, -0.2) is 0 Å². The standard InChI is InChI=1S/C72H56N2/c1-71(2)67-47-61(73(57-33-25-53(26-34-57)49-17-9-5-10-18-49)58-35-27-54(28-36-58)50-19-11-6-12-20-50)41-43-63(67)65-45-46-66-64-44-42-62(48-68(64)72(3,4)70(66)69(65)71)74(59-37-29-55(30-38-59)51-21-13-7-14-22-51)60-39-31-56(32-40-60)52-23-15-8-16-24-52/h5-48H,1-4H3. The highest BCUT2D eigenvalue weighted by Crippen LogP contribution is 2.60. The van der Waals surface area contributed by atoms with Crippen LogP contribution in [0, 0.1) is 0 Å². The Bertz CT molecular complexity index is 3400. The monoisotopic (exact) mass is 948 g/mol. The van der Waals surface area contributed by atoms with Gasteiger partial charge in [-0.25, -0.2) is 0 Å². The van der Waals surface area contributed by atoms with Crippen molar-refractivity contribution in [3.8, 4) is 66.8 Å². The molecule has 0 aromatic heterocycles. The number of benzene rings is 11. The molecule has 13 rings (SSSR count).